The Hall–Kier alpha value is -3.09. The molecule has 0 fully saturated rings. The van der Waals surface area contributed by atoms with Gasteiger partial charge in [-0.3, -0.25) is 4.79 Å². The number of carbonyl (C=O) groups is 2. The van der Waals surface area contributed by atoms with Crippen LogP contribution in [0.25, 0.3) is 0 Å². The highest BCUT2D eigenvalue weighted by atomic mass is 19.1. The zero-order valence-electron chi connectivity index (χ0n) is 14.1. The van der Waals surface area contributed by atoms with Gasteiger partial charge in [-0.15, -0.1) is 0 Å². The number of carbonyl (C=O) groups excluding carboxylic acids is 2. The Labute approximate surface area is 145 Å². The van der Waals surface area contributed by atoms with Gasteiger partial charge in [0.2, 0.25) is 0 Å². The molecule has 0 atom stereocenters. The van der Waals surface area contributed by atoms with Crippen molar-refractivity contribution in [1.82, 2.24) is 10.2 Å². The highest BCUT2D eigenvalue weighted by molar-refractivity contribution is 5.89. The van der Waals surface area contributed by atoms with Crippen LogP contribution >= 0.6 is 0 Å². The Bertz CT molecular complexity index is 750. The molecule has 3 amide bonds. The van der Waals surface area contributed by atoms with Crippen LogP contribution in [0, 0.1) is 5.82 Å². The van der Waals surface area contributed by atoms with Gasteiger partial charge in [0.25, 0.3) is 5.91 Å². The Kier molecular flexibility index (Phi) is 6.33. The van der Waals surface area contributed by atoms with Crippen molar-refractivity contribution in [3.63, 3.8) is 0 Å². The van der Waals surface area contributed by atoms with Crippen molar-refractivity contribution in [2.45, 2.75) is 6.54 Å². The Morgan fingerprint density at radius 2 is 1.88 bits per heavy atom. The van der Waals surface area contributed by atoms with E-state index in [9.17, 15) is 14.0 Å². The number of halogens is 1. The average molecular weight is 345 g/mol. The number of hydrogen-bond acceptors (Lipinski definition) is 3. The van der Waals surface area contributed by atoms with E-state index in [-0.39, 0.29) is 24.7 Å². The predicted molar refractivity (Wildman–Crippen MR) is 92.9 cm³/mol. The zero-order valence-corrected chi connectivity index (χ0v) is 14.1. The van der Waals surface area contributed by atoms with Crippen molar-refractivity contribution >= 4 is 17.6 Å². The summed E-state index contributed by atoms with van der Waals surface area (Å²) in [6.45, 7) is 0.177. The molecule has 0 saturated carbocycles. The third-order valence-electron chi connectivity index (χ3n) is 3.33. The standard InChI is InChI=1S/C18H20FN3O3/c1-22(2)17(23)12-25-14-7-5-6-13(10-14)11-20-18(24)21-16-9-4-3-8-15(16)19/h3-10H,11-12H2,1-2H3,(H2,20,21,24). The molecule has 2 aromatic rings. The molecule has 0 spiro atoms. The zero-order chi connectivity index (χ0) is 18.2. The van der Waals surface area contributed by atoms with Crippen LogP contribution in [0.2, 0.25) is 0 Å². The van der Waals surface area contributed by atoms with E-state index >= 15 is 0 Å². The van der Waals surface area contributed by atoms with Crippen LogP contribution in [0.4, 0.5) is 14.9 Å². The fourth-order valence-corrected chi connectivity index (χ4v) is 1.93. The molecule has 0 unspecified atom stereocenters. The largest absolute Gasteiger partial charge is 0.484 e. The van der Waals surface area contributed by atoms with Crippen molar-refractivity contribution in [3.8, 4) is 5.75 Å². The fourth-order valence-electron chi connectivity index (χ4n) is 1.93. The molecule has 132 valence electrons. The maximum atomic E-state index is 13.5. The minimum Gasteiger partial charge on any atom is -0.484 e. The molecule has 0 aromatic heterocycles. The van der Waals surface area contributed by atoms with Gasteiger partial charge in [-0.2, -0.15) is 0 Å². The van der Waals surface area contributed by atoms with Crippen LogP contribution in [-0.2, 0) is 11.3 Å². The number of hydrogen-bond donors (Lipinski definition) is 2. The van der Waals surface area contributed by atoms with Gasteiger partial charge in [0.15, 0.2) is 6.61 Å². The first-order chi connectivity index (χ1) is 12.0. The van der Waals surface area contributed by atoms with Crippen molar-refractivity contribution in [1.29, 1.82) is 0 Å². The Morgan fingerprint density at radius 3 is 2.60 bits per heavy atom. The topological polar surface area (TPSA) is 70.7 Å². The van der Waals surface area contributed by atoms with Crippen LogP contribution < -0.4 is 15.4 Å². The van der Waals surface area contributed by atoms with E-state index < -0.39 is 11.8 Å². The lowest BCUT2D eigenvalue weighted by atomic mass is 10.2. The van der Waals surface area contributed by atoms with Crippen LogP contribution in [0.15, 0.2) is 48.5 Å². The molecule has 2 aromatic carbocycles. The van der Waals surface area contributed by atoms with Crippen molar-refractivity contribution < 1.29 is 18.7 Å². The van der Waals surface area contributed by atoms with E-state index in [0.717, 1.165) is 5.56 Å². The van der Waals surface area contributed by atoms with Crippen LogP contribution in [0.1, 0.15) is 5.56 Å². The molecule has 0 heterocycles. The number of para-hydroxylation sites is 1. The van der Waals surface area contributed by atoms with Gasteiger partial charge in [-0.25, -0.2) is 9.18 Å². The number of anilines is 1. The first-order valence-corrected chi connectivity index (χ1v) is 7.67. The van der Waals surface area contributed by atoms with Crippen LogP contribution in [-0.4, -0.2) is 37.5 Å². The molecule has 0 aliphatic heterocycles. The normalized spacial score (nSPS) is 10.0. The minimum atomic E-state index is -0.515. The van der Waals surface area contributed by atoms with Gasteiger partial charge >= 0.3 is 6.03 Å². The second kappa shape index (κ2) is 8.68. The number of nitrogens with zero attached hydrogens (tertiary/aromatic N) is 1. The number of likely N-dealkylation sites (N-methyl/N-ethyl adjacent to an activating group) is 1. The summed E-state index contributed by atoms with van der Waals surface area (Å²) in [7, 11) is 3.31. The highest BCUT2D eigenvalue weighted by Gasteiger charge is 2.07. The fraction of sp³-hybridized carbons (Fsp3) is 0.222. The van der Waals surface area contributed by atoms with Gasteiger partial charge in [0, 0.05) is 20.6 Å². The molecule has 0 aliphatic carbocycles. The Balaban J connectivity index is 1.86. The van der Waals surface area contributed by atoms with Gasteiger partial charge in [0.05, 0.1) is 5.69 Å². The summed E-state index contributed by atoms with van der Waals surface area (Å²) in [4.78, 5) is 24.8. The molecular formula is C18H20FN3O3. The van der Waals surface area contributed by atoms with Crippen molar-refractivity contribution in [2.24, 2.45) is 0 Å². The average Bonchev–Trinajstić information content (AvgIpc) is 2.60. The highest BCUT2D eigenvalue weighted by Crippen LogP contribution is 2.14. The summed E-state index contributed by atoms with van der Waals surface area (Å²) in [5.41, 5.74) is 0.901. The molecule has 0 saturated heterocycles. The van der Waals surface area contributed by atoms with E-state index in [1.807, 2.05) is 6.07 Å². The van der Waals surface area contributed by atoms with Crippen molar-refractivity contribution in [2.75, 3.05) is 26.0 Å². The summed E-state index contributed by atoms with van der Waals surface area (Å²) in [6.07, 6.45) is 0. The predicted octanol–water partition coefficient (Wildman–Crippen LogP) is 2.61. The molecule has 2 rings (SSSR count). The molecule has 6 nitrogen and oxygen atoms in total. The van der Waals surface area contributed by atoms with Crippen LogP contribution in [0.5, 0.6) is 5.75 Å². The van der Waals surface area contributed by atoms with Crippen molar-refractivity contribution in [3.05, 3.63) is 59.9 Å². The molecule has 7 heteroatoms. The summed E-state index contributed by atoms with van der Waals surface area (Å²) < 4.78 is 18.9. The molecule has 0 radical (unpaired) electrons. The van der Waals surface area contributed by atoms with Gasteiger partial charge < -0.3 is 20.3 Å². The first kappa shape index (κ1) is 18.3. The molecule has 2 N–H and O–H groups in total. The lowest BCUT2D eigenvalue weighted by Gasteiger charge is -2.12. The third-order valence-corrected chi connectivity index (χ3v) is 3.33. The van der Waals surface area contributed by atoms with E-state index in [1.54, 1.807) is 44.4 Å². The SMILES string of the molecule is CN(C)C(=O)COc1cccc(CNC(=O)Nc2ccccc2F)c1. The summed E-state index contributed by atoms with van der Waals surface area (Å²) in [6, 6.07) is 12.4. The molecule has 25 heavy (non-hydrogen) atoms. The number of rotatable bonds is 6. The third kappa shape index (κ3) is 5.80. The summed E-state index contributed by atoms with van der Waals surface area (Å²) in [5.74, 6) is -0.115. The van der Waals surface area contributed by atoms with Gasteiger partial charge in [-0.1, -0.05) is 24.3 Å². The van der Waals surface area contributed by atoms with Gasteiger partial charge in [-0.05, 0) is 29.8 Å². The first-order valence-electron chi connectivity index (χ1n) is 7.67. The molecular weight excluding hydrogens is 325 g/mol. The molecule has 0 aliphatic rings. The maximum absolute atomic E-state index is 13.5. The summed E-state index contributed by atoms with van der Waals surface area (Å²) >= 11 is 0. The number of amides is 3. The second-order valence-corrected chi connectivity index (χ2v) is 5.51. The lowest BCUT2D eigenvalue weighted by molar-refractivity contribution is -0.130. The maximum Gasteiger partial charge on any atom is 0.319 e. The van der Waals surface area contributed by atoms with E-state index in [4.69, 9.17) is 4.74 Å². The summed E-state index contributed by atoms with van der Waals surface area (Å²) in [5, 5.41) is 5.08. The quantitative estimate of drug-likeness (QED) is 0.845. The van der Waals surface area contributed by atoms with Gasteiger partial charge in [0.1, 0.15) is 11.6 Å². The number of urea groups is 1. The van der Waals surface area contributed by atoms with Crippen LogP contribution in [0.3, 0.4) is 0 Å². The Morgan fingerprint density at radius 1 is 1.12 bits per heavy atom. The smallest absolute Gasteiger partial charge is 0.319 e. The van der Waals surface area contributed by atoms with E-state index in [2.05, 4.69) is 10.6 Å². The number of ether oxygens (including phenoxy) is 1. The number of benzene rings is 2. The molecule has 0 bridgehead atoms. The van der Waals surface area contributed by atoms with E-state index in [1.165, 1.54) is 17.0 Å². The lowest BCUT2D eigenvalue weighted by Crippen LogP contribution is -2.28. The monoisotopic (exact) mass is 345 g/mol. The second-order valence-electron chi connectivity index (χ2n) is 5.51. The number of nitrogens with one attached hydrogen (secondary N) is 2. The van der Waals surface area contributed by atoms with E-state index in [0.29, 0.717) is 5.75 Å². The minimum absolute atomic E-state index is 0.0579.